The Balaban J connectivity index is 2.75. The summed E-state index contributed by atoms with van der Waals surface area (Å²) < 4.78 is 0.906. The lowest BCUT2D eigenvalue weighted by molar-refractivity contribution is -0.121. The molecular formula is C10H12BrNO. The first kappa shape index (κ1) is 10.4. The SMILES string of the molecule is CC(C)C(=O)Cc1ncccc1Br. The first-order chi connectivity index (χ1) is 6.11. The van der Waals surface area contributed by atoms with Gasteiger partial charge in [-0.25, -0.2) is 0 Å². The van der Waals surface area contributed by atoms with E-state index in [0.717, 1.165) is 10.2 Å². The molecule has 0 amide bonds. The Hall–Kier alpha value is -0.700. The molecule has 1 heterocycles. The zero-order chi connectivity index (χ0) is 9.84. The van der Waals surface area contributed by atoms with Gasteiger partial charge in [0.25, 0.3) is 0 Å². The normalized spacial score (nSPS) is 10.5. The van der Waals surface area contributed by atoms with Crippen molar-refractivity contribution in [1.82, 2.24) is 4.98 Å². The highest BCUT2D eigenvalue weighted by molar-refractivity contribution is 9.10. The zero-order valence-corrected chi connectivity index (χ0v) is 9.34. The summed E-state index contributed by atoms with van der Waals surface area (Å²) >= 11 is 3.36. The van der Waals surface area contributed by atoms with E-state index in [1.807, 2.05) is 26.0 Å². The molecule has 3 heteroatoms. The molecule has 0 aliphatic rings. The fraction of sp³-hybridized carbons (Fsp3) is 0.400. The van der Waals surface area contributed by atoms with Gasteiger partial charge >= 0.3 is 0 Å². The number of carbonyl (C=O) groups excluding carboxylic acids is 1. The molecule has 0 N–H and O–H groups in total. The summed E-state index contributed by atoms with van der Waals surface area (Å²) in [4.78, 5) is 15.5. The molecule has 0 aliphatic carbocycles. The molecule has 0 atom stereocenters. The van der Waals surface area contributed by atoms with Crippen molar-refractivity contribution >= 4 is 21.7 Å². The van der Waals surface area contributed by atoms with Gasteiger partial charge in [0.15, 0.2) is 0 Å². The molecule has 13 heavy (non-hydrogen) atoms. The van der Waals surface area contributed by atoms with Crippen LogP contribution >= 0.6 is 15.9 Å². The molecule has 0 fully saturated rings. The molecule has 0 saturated heterocycles. The van der Waals surface area contributed by atoms with Gasteiger partial charge in [0.1, 0.15) is 5.78 Å². The van der Waals surface area contributed by atoms with Crippen LogP contribution in [0.2, 0.25) is 0 Å². The van der Waals surface area contributed by atoms with Gasteiger partial charge in [-0.3, -0.25) is 9.78 Å². The third kappa shape index (κ3) is 2.92. The molecular weight excluding hydrogens is 230 g/mol. The summed E-state index contributed by atoms with van der Waals surface area (Å²) in [6.45, 7) is 3.80. The number of ketones is 1. The van der Waals surface area contributed by atoms with E-state index in [2.05, 4.69) is 20.9 Å². The van der Waals surface area contributed by atoms with E-state index in [4.69, 9.17) is 0 Å². The first-order valence-corrected chi connectivity index (χ1v) is 5.02. The number of nitrogens with zero attached hydrogens (tertiary/aromatic N) is 1. The van der Waals surface area contributed by atoms with Crippen molar-refractivity contribution in [3.63, 3.8) is 0 Å². The van der Waals surface area contributed by atoms with Crippen LogP contribution < -0.4 is 0 Å². The minimum Gasteiger partial charge on any atom is -0.299 e. The van der Waals surface area contributed by atoms with E-state index in [0.29, 0.717) is 6.42 Å². The molecule has 1 aromatic heterocycles. The highest BCUT2D eigenvalue weighted by Crippen LogP contribution is 2.15. The van der Waals surface area contributed by atoms with Gasteiger partial charge in [0.2, 0.25) is 0 Å². The molecule has 0 aliphatic heterocycles. The second kappa shape index (κ2) is 4.51. The fourth-order valence-electron chi connectivity index (χ4n) is 0.918. The summed E-state index contributed by atoms with van der Waals surface area (Å²) in [6, 6.07) is 3.74. The van der Waals surface area contributed by atoms with Crippen LogP contribution in [0.1, 0.15) is 19.5 Å². The number of hydrogen-bond donors (Lipinski definition) is 0. The van der Waals surface area contributed by atoms with Crippen molar-refractivity contribution in [2.24, 2.45) is 5.92 Å². The lowest BCUT2D eigenvalue weighted by Gasteiger charge is -2.04. The van der Waals surface area contributed by atoms with E-state index in [1.54, 1.807) is 6.20 Å². The molecule has 70 valence electrons. The highest BCUT2D eigenvalue weighted by atomic mass is 79.9. The number of halogens is 1. The lowest BCUT2D eigenvalue weighted by Crippen LogP contribution is -2.11. The van der Waals surface area contributed by atoms with Crippen molar-refractivity contribution in [3.8, 4) is 0 Å². The van der Waals surface area contributed by atoms with Gasteiger partial charge in [-0.1, -0.05) is 13.8 Å². The average Bonchev–Trinajstić information content (AvgIpc) is 2.08. The molecule has 0 spiro atoms. The third-order valence-corrected chi connectivity index (χ3v) is 2.54. The van der Waals surface area contributed by atoms with Gasteiger partial charge in [-0.15, -0.1) is 0 Å². The quantitative estimate of drug-likeness (QED) is 0.815. The Labute approximate surface area is 86.5 Å². The molecule has 2 nitrogen and oxygen atoms in total. The number of aromatic nitrogens is 1. The van der Waals surface area contributed by atoms with E-state index >= 15 is 0 Å². The van der Waals surface area contributed by atoms with Gasteiger partial charge in [0, 0.05) is 16.6 Å². The van der Waals surface area contributed by atoms with Crippen molar-refractivity contribution in [2.45, 2.75) is 20.3 Å². The van der Waals surface area contributed by atoms with Crippen LogP contribution in [0.25, 0.3) is 0 Å². The molecule has 1 rings (SSSR count). The van der Waals surface area contributed by atoms with Crippen molar-refractivity contribution in [3.05, 3.63) is 28.5 Å². The number of carbonyl (C=O) groups is 1. The summed E-state index contributed by atoms with van der Waals surface area (Å²) in [6.07, 6.45) is 2.12. The van der Waals surface area contributed by atoms with Gasteiger partial charge < -0.3 is 0 Å². The van der Waals surface area contributed by atoms with Gasteiger partial charge in [-0.05, 0) is 28.1 Å². The Bertz CT molecular complexity index is 310. The van der Waals surface area contributed by atoms with Crippen LogP contribution in [0.3, 0.4) is 0 Å². The molecule has 1 aromatic rings. The number of Topliss-reactive ketones (excluding diaryl/α,β-unsaturated/α-hetero) is 1. The van der Waals surface area contributed by atoms with Crippen molar-refractivity contribution in [1.29, 1.82) is 0 Å². The topological polar surface area (TPSA) is 30.0 Å². The van der Waals surface area contributed by atoms with Crippen LogP contribution in [0, 0.1) is 5.92 Å². The van der Waals surface area contributed by atoms with Crippen molar-refractivity contribution < 1.29 is 4.79 Å². The van der Waals surface area contributed by atoms with Gasteiger partial charge in [-0.2, -0.15) is 0 Å². The van der Waals surface area contributed by atoms with Crippen LogP contribution in [-0.4, -0.2) is 10.8 Å². The second-order valence-corrected chi connectivity index (χ2v) is 4.08. The van der Waals surface area contributed by atoms with E-state index in [-0.39, 0.29) is 11.7 Å². The average molecular weight is 242 g/mol. The number of pyridine rings is 1. The first-order valence-electron chi connectivity index (χ1n) is 4.23. The monoisotopic (exact) mass is 241 g/mol. The number of hydrogen-bond acceptors (Lipinski definition) is 2. The van der Waals surface area contributed by atoms with Crippen LogP contribution in [0.5, 0.6) is 0 Å². The van der Waals surface area contributed by atoms with E-state index < -0.39 is 0 Å². The highest BCUT2D eigenvalue weighted by Gasteiger charge is 2.10. The molecule has 0 unspecified atom stereocenters. The number of rotatable bonds is 3. The van der Waals surface area contributed by atoms with E-state index in [1.165, 1.54) is 0 Å². The Morgan fingerprint density at radius 2 is 2.31 bits per heavy atom. The third-order valence-electron chi connectivity index (χ3n) is 1.82. The van der Waals surface area contributed by atoms with Gasteiger partial charge in [0.05, 0.1) is 12.1 Å². The Morgan fingerprint density at radius 1 is 1.62 bits per heavy atom. The molecule has 0 radical (unpaired) electrons. The van der Waals surface area contributed by atoms with Crippen LogP contribution in [0.4, 0.5) is 0 Å². The van der Waals surface area contributed by atoms with Crippen molar-refractivity contribution in [2.75, 3.05) is 0 Å². The lowest BCUT2D eigenvalue weighted by atomic mass is 10.0. The van der Waals surface area contributed by atoms with Crippen LogP contribution in [0.15, 0.2) is 22.8 Å². The predicted molar refractivity (Wildman–Crippen MR) is 55.5 cm³/mol. The molecule has 0 saturated carbocycles. The molecule has 0 bridgehead atoms. The Morgan fingerprint density at radius 3 is 2.85 bits per heavy atom. The summed E-state index contributed by atoms with van der Waals surface area (Å²) in [5.41, 5.74) is 0.821. The van der Waals surface area contributed by atoms with Crippen LogP contribution in [-0.2, 0) is 11.2 Å². The zero-order valence-electron chi connectivity index (χ0n) is 7.75. The second-order valence-electron chi connectivity index (χ2n) is 3.23. The summed E-state index contributed by atoms with van der Waals surface area (Å²) in [5.74, 6) is 0.299. The summed E-state index contributed by atoms with van der Waals surface area (Å²) in [5, 5.41) is 0. The summed E-state index contributed by atoms with van der Waals surface area (Å²) in [7, 11) is 0. The predicted octanol–water partition coefficient (Wildman–Crippen LogP) is 2.61. The minimum atomic E-state index is 0.0777. The fourth-order valence-corrected chi connectivity index (χ4v) is 1.31. The molecule has 0 aromatic carbocycles. The Kier molecular flexibility index (Phi) is 3.60. The smallest absolute Gasteiger partial charge is 0.141 e. The maximum Gasteiger partial charge on any atom is 0.141 e. The largest absolute Gasteiger partial charge is 0.299 e. The maximum atomic E-state index is 11.4. The minimum absolute atomic E-state index is 0.0777. The maximum absolute atomic E-state index is 11.4. The standard InChI is InChI=1S/C10H12BrNO/c1-7(2)10(13)6-9-8(11)4-3-5-12-9/h3-5,7H,6H2,1-2H3. The van der Waals surface area contributed by atoms with E-state index in [9.17, 15) is 4.79 Å².